The van der Waals surface area contributed by atoms with Crippen LogP contribution in [0.2, 0.25) is 19.6 Å². The molecule has 0 bridgehead atoms. The molecule has 2 nitrogen and oxygen atoms in total. The Morgan fingerprint density at radius 3 is 1.75 bits per heavy atom. The summed E-state index contributed by atoms with van der Waals surface area (Å²) in [6.45, 7) is 5.87. The standard InChI is InChI=1S/C5H12O2Si/c1-7-5(6)8(2,3)4/h1-4H3. The van der Waals surface area contributed by atoms with E-state index in [0.29, 0.717) is 0 Å². The van der Waals surface area contributed by atoms with E-state index in [1.165, 1.54) is 7.11 Å². The van der Waals surface area contributed by atoms with Gasteiger partial charge in [-0.05, 0) is 0 Å². The van der Waals surface area contributed by atoms with Crippen LogP contribution in [0.5, 0.6) is 0 Å². The summed E-state index contributed by atoms with van der Waals surface area (Å²) < 4.78 is 4.54. The third-order valence-electron chi connectivity index (χ3n) is 0.798. The van der Waals surface area contributed by atoms with E-state index in [-0.39, 0.29) is 5.59 Å². The molecule has 0 amide bonds. The van der Waals surface area contributed by atoms with Crippen molar-refractivity contribution < 1.29 is 9.53 Å². The van der Waals surface area contributed by atoms with Crippen LogP contribution in [0.1, 0.15) is 0 Å². The van der Waals surface area contributed by atoms with Crippen LogP contribution in [0.3, 0.4) is 0 Å². The number of hydrogen-bond donors (Lipinski definition) is 0. The van der Waals surface area contributed by atoms with E-state index in [1.54, 1.807) is 0 Å². The highest BCUT2D eigenvalue weighted by Crippen LogP contribution is 2.02. The Bertz CT molecular complexity index is 93.1. The fourth-order valence-corrected chi connectivity index (χ4v) is 0.919. The van der Waals surface area contributed by atoms with Gasteiger partial charge in [-0.1, -0.05) is 19.6 Å². The Kier molecular flexibility index (Phi) is 2.21. The molecule has 0 saturated carbocycles. The SMILES string of the molecule is COC(=O)[Si](C)(C)C. The molecule has 0 radical (unpaired) electrons. The van der Waals surface area contributed by atoms with Gasteiger partial charge in [-0.3, -0.25) is 4.79 Å². The molecule has 0 aromatic rings. The third-order valence-corrected chi connectivity index (χ3v) is 2.23. The first-order valence-corrected chi connectivity index (χ1v) is 6.07. The van der Waals surface area contributed by atoms with Crippen LogP contribution in [0, 0.1) is 0 Å². The molecule has 0 atom stereocenters. The second-order valence-corrected chi connectivity index (χ2v) is 7.65. The molecule has 0 aromatic carbocycles. The van der Waals surface area contributed by atoms with Crippen molar-refractivity contribution in [2.75, 3.05) is 7.11 Å². The van der Waals surface area contributed by atoms with Gasteiger partial charge in [0.1, 0.15) is 0 Å². The molecular weight excluding hydrogens is 120 g/mol. The van der Waals surface area contributed by atoms with Crippen molar-refractivity contribution in [2.24, 2.45) is 0 Å². The van der Waals surface area contributed by atoms with E-state index in [0.717, 1.165) is 0 Å². The maximum absolute atomic E-state index is 10.7. The molecule has 0 aliphatic rings. The Labute approximate surface area is 50.9 Å². The van der Waals surface area contributed by atoms with Gasteiger partial charge in [0.15, 0.2) is 8.07 Å². The van der Waals surface area contributed by atoms with Crippen molar-refractivity contribution >= 4 is 13.7 Å². The monoisotopic (exact) mass is 132 g/mol. The van der Waals surface area contributed by atoms with Crippen LogP contribution in [-0.2, 0) is 4.74 Å². The van der Waals surface area contributed by atoms with Crippen LogP contribution >= 0.6 is 0 Å². The van der Waals surface area contributed by atoms with Gasteiger partial charge in [-0.25, -0.2) is 0 Å². The largest absolute Gasteiger partial charge is 0.473 e. The Morgan fingerprint density at radius 2 is 1.75 bits per heavy atom. The summed E-state index contributed by atoms with van der Waals surface area (Å²) in [6, 6.07) is 0. The lowest BCUT2D eigenvalue weighted by molar-refractivity contribution is 0.196. The van der Waals surface area contributed by atoms with E-state index in [2.05, 4.69) is 4.74 Å². The Hall–Kier alpha value is -0.313. The minimum absolute atomic E-state index is 0.0301. The summed E-state index contributed by atoms with van der Waals surface area (Å²) >= 11 is 0. The molecule has 48 valence electrons. The van der Waals surface area contributed by atoms with Crippen LogP contribution < -0.4 is 0 Å². The highest BCUT2D eigenvalue weighted by Gasteiger charge is 2.24. The number of carbonyl (C=O) groups excluding carboxylic acids is 1. The van der Waals surface area contributed by atoms with Crippen molar-refractivity contribution in [3.63, 3.8) is 0 Å². The third kappa shape index (κ3) is 2.11. The van der Waals surface area contributed by atoms with Crippen molar-refractivity contribution in [3.05, 3.63) is 0 Å². The summed E-state index contributed by atoms with van der Waals surface area (Å²) in [5.74, 6) is 0. The molecule has 0 spiro atoms. The van der Waals surface area contributed by atoms with Crippen LogP contribution in [0.4, 0.5) is 4.79 Å². The predicted octanol–water partition coefficient (Wildman–Crippen LogP) is 1.67. The van der Waals surface area contributed by atoms with Crippen molar-refractivity contribution in [1.29, 1.82) is 0 Å². The Morgan fingerprint density at radius 1 is 1.38 bits per heavy atom. The van der Waals surface area contributed by atoms with Crippen LogP contribution in [-0.4, -0.2) is 20.8 Å². The maximum atomic E-state index is 10.7. The second kappa shape index (κ2) is 2.30. The summed E-state index contributed by atoms with van der Waals surface area (Å²) in [6.07, 6.45) is 0. The first-order chi connectivity index (χ1) is 3.48. The van der Waals surface area contributed by atoms with E-state index >= 15 is 0 Å². The highest BCUT2D eigenvalue weighted by molar-refractivity contribution is 7.02. The lowest BCUT2D eigenvalue weighted by Gasteiger charge is -2.10. The van der Waals surface area contributed by atoms with Gasteiger partial charge >= 0.3 is 0 Å². The average molecular weight is 132 g/mol. The van der Waals surface area contributed by atoms with Crippen LogP contribution in [0.25, 0.3) is 0 Å². The molecular formula is C5H12O2Si. The van der Waals surface area contributed by atoms with Crippen molar-refractivity contribution in [3.8, 4) is 0 Å². The molecule has 0 saturated heterocycles. The van der Waals surface area contributed by atoms with Crippen LogP contribution in [0.15, 0.2) is 0 Å². The molecule has 3 heteroatoms. The van der Waals surface area contributed by atoms with Gasteiger partial charge < -0.3 is 4.74 Å². The van der Waals surface area contributed by atoms with Crippen molar-refractivity contribution in [1.82, 2.24) is 0 Å². The van der Waals surface area contributed by atoms with E-state index < -0.39 is 8.07 Å². The van der Waals surface area contributed by atoms with Gasteiger partial charge in [-0.2, -0.15) is 0 Å². The molecule has 0 rings (SSSR count). The molecule has 0 aromatic heterocycles. The summed E-state index contributed by atoms with van der Waals surface area (Å²) in [7, 11) is -0.191. The second-order valence-electron chi connectivity index (χ2n) is 2.74. The molecule has 0 unspecified atom stereocenters. The zero-order valence-electron chi connectivity index (χ0n) is 5.82. The van der Waals surface area contributed by atoms with Crippen molar-refractivity contribution in [2.45, 2.75) is 19.6 Å². The first-order valence-electron chi connectivity index (χ1n) is 2.57. The number of rotatable bonds is 1. The minimum Gasteiger partial charge on any atom is -0.473 e. The smallest absolute Gasteiger partial charge is 0.270 e. The normalized spacial score (nSPS) is 11.0. The first kappa shape index (κ1) is 7.69. The van der Waals surface area contributed by atoms with E-state index in [1.807, 2.05) is 19.6 Å². The highest BCUT2D eigenvalue weighted by atomic mass is 28.3. The molecule has 8 heavy (non-hydrogen) atoms. The minimum atomic E-state index is -1.62. The summed E-state index contributed by atoms with van der Waals surface area (Å²) in [5.41, 5.74) is -0.0301. The quantitative estimate of drug-likeness (QED) is 0.507. The topological polar surface area (TPSA) is 26.3 Å². The maximum Gasteiger partial charge on any atom is 0.270 e. The molecule has 0 heterocycles. The lowest BCUT2D eigenvalue weighted by atomic mass is 11.5. The molecule has 0 N–H and O–H groups in total. The average Bonchev–Trinajstić information content (AvgIpc) is 1.62. The molecule has 0 aliphatic heterocycles. The number of methoxy groups -OCH3 is 1. The van der Waals surface area contributed by atoms with Gasteiger partial charge in [0.2, 0.25) is 0 Å². The summed E-state index contributed by atoms with van der Waals surface area (Å²) in [5, 5.41) is 0. The number of carbonyl (C=O) groups is 1. The number of hydrogen-bond acceptors (Lipinski definition) is 2. The lowest BCUT2D eigenvalue weighted by Crippen LogP contribution is -2.32. The summed E-state index contributed by atoms with van der Waals surface area (Å²) in [4.78, 5) is 10.7. The number of ether oxygens (including phenoxy) is 1. The van der Waals surface area contributed by atoms with Gasteiger partial charge in [0.05, 0.1) is 7.11 Å². The van der Waals surface area contributed by atoms with E-state index in [4.69, 9.17) is 0 Å². The zero-order chi connectivity index (χ0) is 6.78. The fraction of sp³-hybridized carbons (Fsp3) is 0.800. The predicted molar refractivity (Wildman–Crippen MR) is 35.8 cm³/mol. The Balaban J connectivity index is 3.82. The molecule has 0 aliphatic carbocycles. The van der Waals surface area contributed by atoms with Gasteiger partial charge in [-0.15, -0.1) is 0 Å². The fourth-order valence-electron chi connectivity index (χ4n) is 0.306. The van der Waals surface area contributed by atoms with Gasteiger partial charge in [0, 0.05) is 0 Å². The molecule has 0 fully saturated rings. The van der Waals surface area contributed by atoms with Gasteiger partial charge in [0.25, 0.3) is 5.59 Å². The van der Waals surface area contributed by atoms with E-state index in [9.17, 15) is 4.79 Å². The zero-order valence-corrected chi connectivity index (χ0v) is 6.82.